The Morgan fingerprint density at radius 3 is 1.79 bits per heavy atom. The molecule has 0 radical (unpaired) electrons. The molecule has 8 aromatic rings. The van der Waals surface area contributed by atoms with E-state index in [4.69, 9.17) is 0 Å². The first-order chi connectivity index (χ1) is 22.9. The molecule has 2 aromatic heterocycles. The van der Waals surface area contributed by atoms with Crippen molar-refractivity contribution in [2.24, 2.45) is 5.92 Å². The van der Waals surface area contributed by atoms with Crippen LogP contribution >= 0.6 is 0 Å². The van der Waals surface area contributed by atoms with E-state index in [1.165, 1.54) is 49.2 Å². The summed E-state index contributed by atoms with van der Waals surface area (Å²) in [6, 6.07) is 50.5. The van der Waals surface area contributed by atoms with E-state index < -0.39 is 0 Å². The molecule has 0 aliphatic carbocycles. The molecule has 47 heavy (non-hydrogen) atoms. The van der Waals surface area contributed by atoms with Crippen LogP contribution in [0.1, 0.15) is 44.4 Å². The Hall–Kier alpha value is -5.59. The van der Waals surface area contributed by atoms with Crippen molar-refractivity contribution < 1.29 is 0 Å². The Balaban J connectivity index is 1.28. The van der Waals surface area contributed by atoms with Crippen LogP contribution in [0, 0.1) is 17.2 Å². The van der Waals surface area contributed by atoms with E-state index in [1.54, 1.807) is 0 Å². The minimum absolute atomic E-state index is 0.291. The van der Waals surface area contributed by atoms with Gasteiger partial charge >= 0.3 is 0 Å². The topological polar surface area (TPSA) is 33.6 Å². The van der Waals surface area contributed by atoms with E-state index in [0.29, 0.717) is 11.5 Å². The molecule has 1 unspecified atom stereocenters. The lowest BCUT2D eigenvalue weighted by molar-refractivity contribution is 0.298. The van der Waals surface area contributed by atoms with Gasteiger partial charge in [-0.3, -0.25) is 0 Å². The van der Waals surface area contributed by atoms with Crippen LogP contribution in [-0.2, 0) is 12.0 Å². The van der Waals surface area contributed by atoms with Gasteiger partial charge in [0.1, 0.15) is 0 Å². The zero-order valence-corrected chi connectivity index (χ0v) is 27.3. The molecule has 0 spiro atoms. The number of rotatable bonds is 6. The molecular weight excluding hydrogens is 571 g/mol. The van der Waals surface area contributed by atoms with Crippen molar-refractivity contribution in [3.63, 3.8) is 0 Å². The summed E-state index contributed by atoms with van der Waals surface area (Å²) in [4.78, 5) is 0. The highest BCUT2D eigenvalue weighted by atomic mass is 15.1. The molecule has 0 aliphatic heterocycles. The first-order valence-electron chi connectivity index (χ1n) is 16.6. The normalized spacial score (nSPS) is 13.1. The third-order valence-corrected chi connectivity index (χ3v) is 10.4. The zero-order chi connectivity index (χ0) is 32.3. The summed E-state index contributed by atoms with van der Waals surface area (Å²) >= 11 is 0. The van der Waals surface area contributed by atoms with Gasteiger partial charge in [-0.1, -0.05) is 112 Å². The molecule has 2 heterocycles. The predicted molar refractivity (Wildman–Crippen MR) is 197 cm³/mol. The lowest BCUT2D eigenvalue weighted by Gasteiger charge is -2.38. The van der Waals surface area contributed by atoms with Crippen LogP contribution < -0.4 is 0 Å². The molecule has 0 bridgehead atoms. The van der Waals surface area contributed by atoms with Gasteiger partial charge in [0.25, 0.3) is 0 Å². The van der Waals surface area contributed by atoms with Gasteiger partial charge in [-0.15, -0.1) is 0 Å². The Morgan fingerprint density at radius 1 is 0.617 bits per heavy atom. The molecule has 0 fully saturated rings. The van der Waals surface area contributed by atoms with Crippen molar-refractivity contribution in [2.45, 2.75) is 39.7 Å². The summed E-state index contributed by atoms with van der Waals surface area (Å²) in [6.07, 6.45) is 0.969. The van der Waals surface area contributed by atoms with Crippen LogP contribution in [0.5, 0.6) is 0 Å². The quantitative estimate of drug-likeness (QED) is 0.185. The summed E-state index contributed by atoms with van der Waals surface area (Å²) < 4.78 is 4.86. The molecule has 0 aliphatic rings. The van der Waals surface area contributed by atoms with Crippen molar-refractivity contribution in [1.82, 2.24) is 9.13 Å². The number of hydrogen-bond acceptors (Lipinski definition) is 1. The monoisotopic (exact) mass is 607 g/mol. The molecule has 8 rings (SSSR count). The molecule has 228 valence electrons. The summed E-state index contributed by atoms with van der Waals surface area (Å²) in [5, 5.41) is 15.2. The number of para-hydroxylation sites is 3. The number of fused-ring (bicyclic) bond motifs is 6. The number of aryl methyl sites for hydroxylation is 1. The lowest BCUT2D eigenvalue weighted by Crippen LogP contribution is -2.36. The average Bonchev–Trinajstić information content (AvgIpc) is 3.64. The first kappa shape index (κ1) is 28.9. The van der Waals surface area contributed by atoms with Gasteiger partial charge < -0.3 is 9.13 Å². The fourth-order valence-electron chi connectivity index (χ4n) is 7.63. The number of hydrogen-bond donors (Lipinski definition) is 0. The molecule has 0 saturated carbocycles. The molecule has 6 aromatic carbocycles. The molecule has 0 N–H and O–H groups in total. The second-order valence-corrected chi connectivity index (χ2v) is 13.2. The largest absolute Gasteiger partial charge is 0.330 e. The highest BCUT2D eigenvalue weighted by Gasteiger charge is 2.35. The SMILES string of the molecule is CCc1ccc2c3ccccc3n(-c3cc(C#N)cc(-c4ccc(C(C)(C(C)C)n5c6ccccc6c6ccccc65)cc4)c3)c2c1. The second-order valence-electron chi connectivity index (χ2n) is 13.2. The van der Waals surface area contributed by atoms with Crippen LogP contribution in [-0.4, -0.2) is 9.13 Å². The molecule has 3 heteroatoms. The Kier molecular flexibility index (Phi) is 6.78. The third kappa shape index (κ3) is 4.40. The van der Waals surface area contributed by atoms with Crippen LogP contribution in [0.3, 0.4) is 0 Å². The predicted octanol–water partition coefficient (Wildman–Crippen LogP) is 11.4. The summed E-state index contributed by atoms with van der Waals surface area (Å²) in [6.45, 7) is 9.19. The van der Waals surface area contributed by atoms with Crippen LogP contribution in [0.15, 0.2) is 133 Å². The molecular formula is C44H37N3. The van der Waals surface area contributed by atoms with Crippen molar-refractivity contribution in [2.75, 3.05) is 0 Å². The summed E-state index contributed by atoms with van der Waals surface area (Å²) in [5.41, 5.74) is 10.8. The van der Waals surface area contributed by atoms with E-state index in [0.717, 1.165) is 28.8 Å². The highest BCUT2D eigenvalue weighted by molar-refractivity contribution is 6.10. The number of benzene rings is 6. The maximum absolute atomic E-state index is 10.2. The van der Waals surface area contributed by atoms with E-state index in [1.807, 2.05) is 12.1 Å². The third-order valence-electron chi connectivity index (χ3n) is 10.4. The number of nitriles is 1. The molecule has 0 saturated heterocycles. The minimum atomic E-state index is -0.291. The Morgan fingerprint density at radius 2 is 1.19 bits per heavy atom. The smallest absolute Gasteiger partial charge is 0.0992 e. The van der Waals surface area contributed by atoms with Gasteiger partial charge in [0.2, 0.25) is 0 Å². The maximum atomic E-state index is 10.2. The van der Waals surface area contributed by atoms with Crippen molar-refractivity contribution in [1.29, 1.82) is 5.26 Å². The summed E-state index contributed by atoms with van der Waals surface area (Å²) in [5.74, 6) is 0.324. The van der Waals surface area contributed by atoms with Gasteiger partial charge in [0, 0.05) is 38.3 Å². The van der Waals surface area contributed by atoms with Gasteiger partial charge in [0.05, 0.1) is 28.2 Å². The van der Waals surface area contributed by atoms with Gasteiger partial charge in [-0.05, 0) is 84.0 Å². The fourth-order valence-corrected chi connectivity index (χ4v) is 7.63. The number of nitrogens with zero attached hydrogens (tertiary/aromatic N) is 3. The fraction of sp³-hybridized carbons (Fsp3) is 0.159. The number of aromatic nitrogens is 2. The van der Waals surface area contributed by atoms with E-state index in [-0.39, 0.29) is 5.54 Å². The Bertz CT molecular complexity index is 2450. The van der Waals surface area contributed by atoms with Gasteiger partial charge in [-0.2, -0.15) is 5.26 Å². The second kappa shape index (κ2) is 11.0. The van der Waals surface area contributed by atoms with Crippen molar-refractivity contribution in [3.8, 4) is 22.9 Å². The minimum Gasteiger partial charge on any atom is -0.330 e. The standard InChI is InChI=1S/C44H37N3/c1-5-30-18-23-39-36-12-6-9-15-40(36)46(43(39)26-30)35-25-31(28-45)24-33(27-35)32-19-21-34(22-20-32)44(4,29(2)3)47-41-16-10-7-13-37(41)38-14-8-11-17-42(38)47/h6-27,29H,5H2,1-4H3. The van der Waals surface area contributed by atoms with Crippen LogP contribution in [0.4, 0.5) is 0 Å². The van der Waals surface area contributed by atoms with Gasteiger partial charge in [-0.25, -0.2) is 0 Å². The van der Waals surface area contributed by atoms with Crippen LogP contribution in [0.25, 0.3) is 60.4 Å². The van der Waals surface area contributed by atoms with Crippen molar-refractivity contribution in [3.05, 3.63) is 150 Å². The zero-order valence-electron chi connectivity index (χ0n) is 27.3. The van der Waals surface area contributed by atoms with E-state index in [9.17, 15) is 5.26 Å². The molecule has 1 atom stereocenters. The Labute approximate surface area is 275 Å². The first-order valence-corrected chi connectivity index (χ1v) is 16.6. The van der Waals surface area contributed by atoms with Crippen LogP contribution in [0.2, 0.25) is 0 Å². The average molecular weight is 608 g/mol. The summed E-state index contributed by atoms with van der Waals surface area (Å²) in [7, 11) is 0. The lowest BCUT2D eigenvalue weighted by atomic mass is 9.80. The van der Waals surface area contributed by atoms with E-state index >= 15 is 0 Å². The van der Waals surface area contributed by atoms with Crippen molar-refractivity contribution >= 4 is 43.6 Å². The van der Waals surface area contributed by atoms with Gasteiger partial charge in [0.15, 0.2) is 0 Å². The molecule has 0 amide bonds. The highest BCUT2D eigenvalue weighted by Crippen LogP contribution is 2.42. The maximum Gasteiger partial charge on any atom is 0.0992 e. The molecule has 3 nitrogen and oxygen atoms in total. The van der Waals surface area contributed by atoms with E-state index in [2.05, 4.69) is 164 Å².